The van der Waals surface area contributed by atoms with Crippen molar-refractivity contribution >= 4 is 18.1 Å². The zero-order valence-electron chi connectivity index (χ0n) is 17.3. The quantitative estimate of drug-likeness (QED) is 0.279. The van der Waals surface area contributed by atoms with E-state index >= 15 is 0 Å². The molecule has 7 heteroatoms. The van der Waals surface area contributed by atoms with Crippen molar-refractivity contribution < 1.29 is 4.92 Å². The Morgan fingerprint density at radius 3 is 1.80 bits per heavy atom. The lowest BCUT2D eigenvalue weighted by Gasteiger charge is -2.15. The fourth-order valence-corrected chi connectivity index (χ4v) is 3.25. The van der Waals surface area contributed by atoms with Crippen LogP contribution < -0.4 is 0 Å². The van der Waals surface area contributed by atoms with Crippen molar-refractivity contribution in [1.29, 1.82) is 0 Å². The van der Waals surface area contributed by atoms with Crippen LogP contribution >= 0.6 is 0 Å². The van der Waals surface area contributed by atoms with Gasteiger partial charge < -0.3 is 9.97 Å². The van der Waals surface area contributed by atoms with Gasteiger partial charge in [0.25, 0.3) is 5.69 Å². The molecule has 0 aliphatic rings. The third kappa shape index (κ3) is 5.31. The van der Waals surface area contributed by atoms with Gasteiger partial charge >= 0.3 is 0 Å². The molecule has 0 amide bonds. The predicted octanol–water partition coefficient (Wildman–Crippen LogP) is 5.09. The molecule has 3 rings (SSSR count). The van der Waals surface area contributed by atoms with E-state index in [0.717, 1.165) is 54.3 Å². The Labute approximate surface area is 176 Å². The highest BCUT2D eigenvalue weighted by Crippen LogP contribution is 2.31. The van der Waals surface area contributed by atoms with E-state index in [0.29, 0.717) is 0 Å². The van der Waals surface area contributed by atoms with Gasteiger partial charge in [-0.2, -0.15) is 0 Å². The second-order valence-electron chi connectivity index (χ2n) is 7.09. The normalized spacial score (nSPS) is 12.7. The van der Waals surface area contributed by atoms with E-state index in [-0.39, 0.29) is 16.5 Å². The third-order valence-corrected chi connectivity index (χ3v) is 4.69. The predicted molar refractivity (Wildman–Crippen MR) is 121 cm³/mol. The zero-order valence-corrected chi connectivity index (χ0v) is 17.3. The Hall–Kier alpha value is -3.48. The van der Waals surface area contributed by atoms with Gasteiger partial charge in [-0.15, -0.1) is 0 Å². The number of nitro benzene ring substituents is 1. The van der Waals surface area contributed by atoms with Crippen LogP contribution in [0.5, 0.6) is 0 Å². The highest BCUT2D eigenvalue weighted by Gasteiger charge is 2.21. The second kappa shape index (κ2) is 10.3. The second-order valence-corrected chi connectivity index (χ2v) is 7.09. The van der Waals surface area contributed by atoms with Crippen LogP contribution in [0.4, 0.5) is 5.69 Å². The molecule has 0 fully saturated rings. The fraction of sp³-hybridized carbons (Fsp3) is 0.304. The number of aliphatic imine (C=N–C) groups is 2. The van der Waals surface area contributed by atoms with Crippen molar-refractivity contribution in [3.63, 3.8) is 0 Å². The van der Waals surface area contributed by atoms with Gasteiger partial charge in [-0.1, -0.05) is 26.0 Å². The van der Waals surface area contributed by atoms with Crippen molar-refractivity contribution in [3.8, 4) is 0 Å². The van der Waals surface area contributed by atoms with Crippen LogP contribution in [0.15, 0.2) is 58.5 Å². The van der Waals surface area contributed by atoms with Gasteiger partial charge in [-0.3, -0.25) is 20.1 Å². The number of benzene rings is 1. The van der Waals surface area contributed by atoms with E-state index in [9.17, 15) is 10.1 Å². The van der Waals surface area contributed by atoms with Crippen LogP contribution in [-0.2, 0) is 0 Å². The smallest absolute Gasteiger partial charge is 0.269 e. The number of H-pyrrole nitrogens is 2. The van der Waals surface area contributed by atoms with E-state index in [4.69, 9.17) is 0 Å². The maximum absolute atomic E-state index is 11.0. The average Bonchev–Trinajstić information content (AvgIpc) is 3.39. The SMILES string of the molecule is CCCN=Cc1ccc(C(c2ccc([N+](=O)[O-])cc2)c2ccc(C=NCCC)[nH]2)[nH]1. The Morgan fingerprint density at radius 1 is 0.867 bits per heavy atom. The molecule has 2 heterocycles. The van der Waals surface area contributed by atoms with Crippen LogP contribution in [0.2, 0.25) is 0 Å². The molecule has 3 aromatic rings. The van der Waals surface area contributed by atoms with E-state index in [1.165, 1.54) is 0 Å². The third-order valence-electron chi connectivity index (χ3n) is 4.69. The molecule has 0 unspecified atom stereocenters. The summed E-state index contributed by atoms with van der Waals surface area (Å²) in [6.45, 7) is 5.76. The summed E-state index contributed by atoms with van der Waals surface area (Å²) in [6, 6.07) is 14.8. The molecule has 2 aromatic heterocycles. The Kier molecular flexibility index (Phi) is 7.32. The van der Waals surface area contributed by atoms with Gasteiger partial charge in [0.05, 0.1) is 22.2 Å². The van der Waals surface area contributed by atoms with Crippen molar-refractivity contribution in [2.45, 2.75) is 32.6 Å². The molecule has 7 nitrogen and oxygen atoms in total. The van der Waals surface area contributed by atoms with E-state index in [1.807, 2.05) is 36.7 Å². The van der Waals surface area contributed by atoms with Crippen molar-refractivity contribution in [2.75, 3.05) is 13.1 Å². The van der Waals surface area contributed by atoms with E-state index < -0.39 is 0 Å². The first kappa shape index (κ1) is 21.2. The minimum Gasteiger partial charge on any atom is -0.357 e. The number of aromatic nitrogens is 2. The molecule has 0 atom stereocenters. The Bertz CT molecular complexity index is 960. The Balaban J connectivity index is 1.96. The summed E-state index contributed by atoms with van der Waals surface area (Å²) in [7, 11) is 0. The van der Waals surface area contributed by atoms with E-state index in [2.05, 4.69) is 33.8 Å². The molecular weight excluding hydrogens is 378 g/mol. The number of rotatable bonds is 10. The molecule has 0 radical (unpaired) electrons. The minimum atomic E-state index is -0.382. The van der Waals surface area contributed by atoms with Gasteiger partial charge in [0.1, 0.15) is 0 Å². The number of non-ortho nitro benzene ring substituents is 1. The molecular formula is C23H27N5O2. The summed E-state index contributed by atoms with van der Waals surface area (Å²) in [5.74, 6) is -0.118. The van der Waals surface area contributed by atoms with Crippen molar-refractivity contribution in [1.82, 2.24) is 9.97 Å². The first-order valence-electron chi connectivity index (χ1n) is 10.2. The molecule has 0 aliphatic heterocycles. The molecule has 1 aromatic carbocycles. The number of aromatic amines is 2. The number of nitrogens with one attached hydrogen (secondary N) is 2. The number of hydrogen-bond donors (Lipinski definition) is 2. The summed E-state index contributed by atoms with van der Waals surface area (Å²) in [5, 5.41) is 11.0. The van der Waals surface area contributed by atoms with Crippen molar-refractivity contribution in [2.24, 2.45) is 9.98 Å². The maximum Gasteiger partial charge on any atom is 0.269 e. The summed E-state index contributed by atoms with van der Waals surface area (Å²) in [4.78, 5) is 26.3. The van der Waals surface area contributed by atoms with Crippen LogP contribution in [-0.4, -0.2) is 40.4 Å². The zero-order chi connectivity index (χ0) is 21.3. The summed E-state index contributed by atoms with van der Waals surface area (Å²) < 4.78 is 0. The fourth-order valence-electron chi connectivity index (χ4n) is 3.25. The van der Waals surface area contributed by atoms with Gasteiger partial charge in [0, 0.05) is 49.0 Å². The Morgan fingerprint density at radius 2 is 1.37 bits per heavy atom. The van der Waals surface area contributed by atoms with Gasteiger partial charge in [0.15, 0.2) is 0 Å². The lowest BCUT2D eigenvalue weighted by Crippen LogP contribution is -2.05. The molecule has 0 saturated heterocycles. The highest BCUT2D eigenvalue weighted by molar-refractivity contribution is 5.78. The van der Waals surface area contributed by atoms with Gasteiger partial charge in [0.2, 0.25) is 0 Å². The van der Waals surface area contributed by atoms with E-state index in [1.54, 1.807) is 24.3 Å². The molecule has 2 N–H and O–H groups in total. The minimum absolute atomic E-state index is 0.0789. The van der Waals surface area contributed by atoms with Crippen LogP contribution in [0, 0.1) is 10.1 Å². The largest absolute Gasteiger partial charge is 0.357 e. The first-order chi connectivity index (χ1) is 14.6. The first-order valence-corrected chi connectivity index (χ1v) is 10.2. The molecule has 0 bridgehead atoms. The van der Waals surface area contributed by atoms with Crippen LogP contribution in [0.1, 0.15) is 60.9 Å². The number of hydrogen-bond acceptors (Lipinski definition) is 4. The van der Waals surface area contributed by atoms with Crippen molar-refractivity contribution in [3.05, 3.63) is 87.0 Å². The standard InChI is InChI=1S/C23H27N5O2/c1-3-13-24-15-18-7-11-21(26-18)23(17-5-9-20(10-6-17)28(29)30)22-12-8-19(27-22)16-25-14-4-2/h5-12,15-16,23,26-27H,3-4,13-14H2,1-2H3. The van der Waals surface area contributed by atoms with Crippen LogP contribution in [0.25, 0.3) is 0 Å². The topological polar surface area (TPSA) is 99.4 Å². The van der Waals surface area contributed by atoms with Crippen LogP contribution in [0.3, 0.4) is 0 Å². The van der Waals surface area contributed by atoms with Gasteiger partial charge in [-0.25, -0.2) is 0 Å². The average molecular weight is 406 g/mol. The molecule has 0 saturated carbocycles. The highest BCUT2D eigenvalue weighted by atomic mass is 16.6. The molecule has 0 spiro atoms. The summed E-state index contributed by atoms with van der Waals surface area (Å²) in [5.41, 5.74) is 4.87. The van der Waals surface area contributed by atoms with Gasteiger partial charge in [-0.05, 0) is 42.7 Å². The molecule has 30 heavy (non-hydrogen) atoms. The lowest BCUT2D eigenvalue weighted by molar-refractivity contribution is -0.384. The monoisotopic (exact) mass is 405 g/mol. The summed E-state index contributed by atoms with van der Waals surface area (Å²) >= 11 is 0. The number of nitro groups is 1. The number of nitrogens with zero attached hydrogens (tertiary/aromatic N) is 3. The lowest BCUT2D eigenvalue weighted by atomic mass is 9.92. The maximum atomic E-state index is 11.0. The molecule has 0 aliphatic carbocycles. The summed E-state index contributed by atoms with van der Waals surface area (Å²) in [6.07, 6.45) is 5.69. The molecule has 156 valence electrons.